The average molecular weight is 431 g/mol. The number of nitrogens with one attached hydrogen (secondary N) is 3. The van der Waals surface area contributed by atoms with Gasteiger partial charge in [0.2, 0.25) is 11.8 Å². The van der Waals surface area contributed by atoms with Gasteiger partial charge in [0.25, 0.3) is 0 Å². The highest BCUT2D eigenvalue weighted by atomic mass is 16.5. The predicted octanol–water partition coefficient (Wildman–Crippen LogP) is 2.16. The zero-order valence-corrected chi connectivity index (χ0v) is 18.4. The molecule has 9 nitrogen and oxygen atoms in total. The lowest BCUT2D eigenvalue weighted by molar-refractivity contribution is -0.123. The van der Waals surface area contributed by atoms with Gasteiger partial charge in [0.15, 0.2) is 5.76 Å². The summed E-state index contributed by atoms with van der Waals surface area (Å²) in [4.78, 5) is 38.3. The molecule has 0 aliphatic heterocycles. The van der Waals surface area contributed by atoms with Gasteiger partial charge in [0.05, 0.1) is 26.1 Å². The van der Waals surface area contributed by atoms with Gasteiger partial charge in [-0.2, -0.15) is 0 Å². The fraction of sp³-hybridized carbons (Fsp3) is 0.409. The smallest absolute Gasteiger partial charge is 0.305 e. The monoisotopic (exact) mass is 430 g/mol. The number of ether oxygens (including phenoxy) is 1. The molecule has 0 aliphatic rings. The molecule has 0 fully saturated rings. The minimum atomic E-state index is -0.556. The maximum Gasteiger partial charge on any atom is 0.305 e. The Morgan fingerprint density at radius 1 is 1.03 bits per heavy atom. The van der Waals surface area contributed by atoms with Gasteiger partial charge in [0.1, 0.15) is 11.5 Å². The van der Waals surface area contributed by atoms with Gasteiger partial charge in [0, 0.05) is 6.92 Å². The normalized spacial score (nSPS) is 11.6. The summed E-state index contributed by atoms with van der Waals surface area (Å²) in [5, 5.41) is 2.74. The molecule has 0 spiro atoms. The maximum absolute atomic E-state index is 12.4. The van der Waals surface area contributed by atoms with Gasteiger partial charge in [-0.05, 0) is 42.9 Å². The molecule has 168 valence electrons. The minimum absolute atomic E-state index is 0.0580. The Kier molecular flexibility index (Phi) is 9.08. The van der Waals surface area contributed by atoms with Crippen LogP contribution in [0.1, 0.15) is 55.1 Å². The van der Waals surface area contributed by atoms with Crippen molar-refractivity contribution in [3.8, 4) is 5.75 Å². The number of furan rings is 1. The van der Waals surface area contributed by atoms with Crippen LogP contribution in [0.2, 0.25) is 0 Å². The van der Waals surface area contributed by atoms with E-state index in [9.17, 15) is 14.4 Å². The molecular weight excluding hydrogens is 400 g/mol. The van der Waals surface area contributed by atoms with Crippen molar-refractivity contribution in [2.75, 3.05) is 20.2 Å². The van der Waals surface area contributed by atoms with E-state index in [-0.39, 0.29) is 18.1 Å². The third-order valence-corrected chi connectivity index (χ3v) is 4.76. The number of hydrogen-bond acceptors (Lipinski definition) is 6. The fourth-order valence-corrected chi connectivity index (χ4v) is 3.01. The summed E-state index contributed by atoms with van der Waals surface area (Å²) in [6.45, 7) is 7.83. The maximum atomic E-state index is 12.4. The molecule has 31 heavy (non-hydrogen) atoms. The first-order chi connectivity index (χ1) is 14.9. The van der Waals surface area contributed by atoms with E-state index in [1.807, 2.05) is 0 Å². The Morgan fingerprint density at radius 3 is 2.29 bits per heavy atom. The molecule has 0 radical (unpaired) electrons. The Labute approximate surface area is 182 Å². The van der Waals surface area contributed by atoms with Gasteiger partial charge in [-0.1, -0.05) is 26.0 Å². The van der Waals surface area contributed by atoms with Crippen LogP contribution in [0.3, 0.4) is 0 Å². The van der Waals surface area contributed by atoms with E-state index in [0.29, 0.717) is 18.1 Å². The van der Waals surface area contributed by atoms with E-state index in [0.717, 1.165) is 18.7 Å². The van der Waals surface area contributed by atoms with Crippen LogP contribution in [-0.2, 0) is 16.1 Å². The molecule has 1 heterocycles. The summed E-state index contributed by atoms with van der Waals surface area (Å²) in [5.74, 6) is 0.161. The third kappa shape index (κ3) is 7.45. The molecule has 0 saturated carbocycles. The van der Waals surface area contributed by atoms with Gasteiger partial charge in [-0.15, -0.1) is 0 Å². The number of amides is 3. The highest BCUT2D eigenvalue weighted by Gasteiger charge is 2.19. The molecule has 3 N–H and O–H groups in total. The standard InChI is InChI=1S/C22H30N4O5/c1-5-26(6-2)14-18-11-12-20(31-18)22(29)25-24-21(28)13-19(23-15(3)27)16-7-9-17(30-4)10-8-16/h7-12,19H,5-6,13-14H2,1-4H3,(H,23,27)(H,24,28)(H,25,29). The number of rotatable bonds is 10. The van der Waals surface area contributed by atoms with Crippen molar-refractivity contribution < 1.29 is 23.5 Å². The Hall–Kier alpha value is -3.33. The van der Waals surface area contributed by atoms with Crippen molar-refractivity contribution in [1.82, 2.24) is 21.1 Å². The average Bonchev–Trinajstić information content (AvgIpc) is 3.23. The summed E-state index contributed by atoms with van der Waals surface area (Å²) in [7, 11) is 1.56. The van der Waals surface area contributed by atoms with Crippen LogP contribution in [0.25, 0.3) is 0 Å². The lowest BCUT2D eigenvalue weighted by Gasteiger charge is -2.18. The van der Waals surface area contributed by atoms with Gasteiger partial charge in [-0.3, -0.25) is 30.1 Å². The first-order valence-corrected chi connectivity index (χ1v) is 10.2. The molecular formula is C22H30N4O5. The van der Waals surface area contributed by atoms with Crippen LogP contribution in [0.5, 0.6) is 5.75 Å². The molecule has 0 aliphatic carbocycles. The predicted molar refractivity (Wildman–Crippen MR) is 115 cm³/mol. The second kappa shape index (κ2) is 11.8. The number of benzene rings is 1. The summed E-state index contributed by atoms with van der Waals surface area (Å²) >= 11 is 0. The van der Waals surface area contributed by atoms with E-state index in [1.165, 1.54) is 6.92 Å². The van der Waals surface area contributed by atoms with Crippen LogP contribution in [0.15, 0.2) is 40.8 Å². The molecule has 2 rings (SSSR count). The van der Waals surface area contributed by atoms with E-state index in [4.69, 9.17) is 9.15 Å². The van der Waals surface area contributed by atoms with Crippen LogP contribution in [-0.4, -0.2) is 42.8 Å². The number of nitrogens with zero attached hydrogens (tertiary/aromatic N) is 1. The van der Waals surface area contributed by atoms with Crippen molar-refractivity contribution in [2.24, 2.45) is 0 Å². The molecule has 1 aromatic heterocycles. The van der Waals surface area contributed by atoms with Crippen molar-refractivity contribution in [2.45, 2.75) is 39.8 Å². The van der Waals surface area contributed by atoms with E-state index in [1.54, 1.807) is 43.5 Å². The number of hydrogen-bond donors (Lipinski definition) is 3. The SMILES string of the molecule is CCN(CC)Cc1ccc(C(=O)NNC(=O)CC(NC(C)=O)c2ccc(OC)cc2)o1. The molecule has 3 amide bonds. The molecule has 9 heteroatoms. The Morgan fingerprint density at radius 2 is 1.71 bits per heavy atom. The van der Waals surface area contributed by atoms with Crippen molar-refractivity contribution in [1.29, 1.82) is 0 Å². The number of carbonyl (C=O) groups is 3. The second-order valence-corrected chi connectivity index (χ2v) is 6.96. The Balaban J connectivity index is 1.92. The zero-order chi connectivity index (χ0) is 22.8. The minimum Gasteiger partial charge on any atom is -0.497 e. The molecule has 1 aromatic carbocycles. The van der Waals surface area contributed by atoms with E-state index in [2.05, 4.69) is 34.9 Å². The molecule has 1 atom stereocenters. The van der Waals surface area contributed by atoms with Crippen LogP contribution >= 0.6 is 0 Å². The molecule has 0 bridgehead atoms. The zero-order valence-electron chi connectivity index (χ0n) is 18.4. The number of carbonyl (C=O) groups excluding carboxylic acids is 3. The highest BCUT2D eigenvalue weighted by Crippen LogP contribution is 2.20. The molecule has 1 unspecified atom stereocenters. The van der Waals surface area contributed by atoms with Crippen molar-refractivity contribution >= 4 is 17.7 Å². The summed E-state index contributed by atoms with van der Waals surface area (Å²) in [6, 6.07) is 9.79. The van der Waals surface area contributed by atoms with Crippen LogP contribution in [0.4, 0.5) is 0 Å². The van der Waals surface area contributed by atoms with Crippen molar-refractivity contribution in [3.05, 3.63) is 53.5 Å². The number of methoxy groups -OCH3 is 1. The quantitative estimate of drug-likeness (QED) is 0.498. The first kappa shape index (κ1) is 23.9. The van der Waals surface area contributed by atoms with E-state index >= 15 is 0 Å². The van der Waals surface area contributed by atoms with Gasteiger partial charge >= 0.3 is 5.91 Å². The summed E-state index contributed by atoms with van der Waals surface area (Å²) in [5.41, 5.74) is 5.45. The second-order valence-electron chi connectivity index (χ2n) is 6.96. The topological polar surface area (TPSA) is 113 Å². The lowest BCUT2D eigenvalue weighted by Crippen LogP contribution is -2.43. The van der Waals surface area contributed by atoms with Crippen molar-refractivity contribution in [3.63, 3.8) is 0 Å². The van der Waals surface area contributed by atoms with Crippen LogP contribution in [0, 0.1) is 0 Å². The molecule has 2 aromatic rings. The Bertz CT molecular complexity index is 874. The summed E-state index contributed by atoms with van der Waals surface area (Å²) < 4.78 is 10.7. The third-order valence-electron chi connectivity index (χ3n) is 4.76. The molecule has 0 saturated heterocycles. The first-order valence-electron chi connectivity index (χ1n) is 10.2. The summed E-state index contributed by atoms with van der Waals surface area (Å²) in [6.07, 6.45) is -0.0580. The number of hydrazine groups is 1. The largest absolute Gasteiger partial charge is 0.497 e. The lowest BCUT2D eigenvalue weighted by atomic mass is 10.0. The van der Waals surface area contributed by atoms with E-state index < -0.39 is 17.9 Å². The van der Waals surface area contributed by atoms with Gasteiger partial charge < -0.3 is 14.5 Å². The van der Waals surface area contributed by atoms with Crippen LogP contribution < -0.4 is 20.9 Å². The highest BCUT2D eigenvalue weighted by molar-refractivity contribution is 5.93. The van der Waals surface area contributed by atoms with Gasteiger partial charge in [-0.25, -0.2) is 0 Å². The fourth-order valence-electron chi connectivity index (χ4n) is 3.01.